The topological polar surface area (TPSA) is 75.4 Å². The van der Waals surface area contributed by atoms with Crippen LogP contribution in [0.5, 0.6) is 0 Å². The number of hydrogen-bond donors (Lipinski definition) is 3. The van der Waals surface area contributed by atoms with E-state index in [1.165, 1.54) is 0 Å². The molecule has 0 heterocycles. The van der Waals surface area contributed by atoms with Crippen LogP contribution < -0.4 is 11.1 Å². The van der Waals surface area contributed by atoms with Crippen molar-refractivity contribution in [2.24, 2.45) is 5.73 Å². The van der Waals surface area contributed by atoms with Crippen molar-refractivity contribution in [3.63, 3.8) is 0 Å². The molecule has 0 aliphatic rings. The predicted molar refractivity (Wildman–Crippen MR) is 41.5 cm³/mol. The van der Waals surface area contributed by atoms with Gasteiger partial charge in [-0.2, -0.15) is 0 Å². The van der Waals surface area contributed by atoms with E-state index in [0.717, 1.165) is 0 Å². The number of carbonyl (C=O) groups is 1. The van der Waals surface area contributed by atoms with Crippen LogP contribution in [0.3, 0.4) is 0 Å². The summed E-state index contributed by atoms with van der Waals surface area (Å²) in [5.74, 6) is 1.95. The van der Waals surface area contributed by atoms with Crippen LogP contribution in [0.4, 0.5) is 0 Å². The highest BCUT2D eigenvalue weighted by Gasteiger charge is 2.09. The van der Waals surface area contributed by atoms with Crippen molar-refractivity contribution in [2.45, 2.75) is 12.5 Å². The van der Waals surface area contributed by atoms with Crippen LogP contribution in [-0.4, -0.2) is 30.2 Å². The van der Waals surface area contributed by atoms with E-state index in [1.54, 1.807) is 0 Å². The summed E-state index contributed by atoms with van der Waals surface area (Å²) in [6, 6.07) is -0.661. The van der Waals surface area contributed by atoms with E-state index < -0.39 is 6.04 Å². The lowest BCUT2D eigenvalue weighted by Gasteiger charge is -2.07. The lowest BCUT2D eigenvalue weighted by atomic mass is 10.2. The fraction of sp³-hybridized carbons (Fsp3) is 0.571. The number of amides is 1. The first-order valence-electron chi connectivity index (χ1n) is 3.30. The van der Waals surface area contributed by atoms with Crippen molar-refractivity contribution in [3.8, 4) is 12.3 Å². The number of nitrogens with one attached hydrogen (secondary N) is 1. The Labute approximate surface area is 65.8 Å². The number of carbonyl (C=O) groups excluding carboxylic acids is 1. The summed E-state index contributed by atoms with van der Waals surface area (Å²) in [7, 11) is 0. The molecule has 0 aromatic carbocycles. The van der Waals surface area contributed by atoms with Crippen molar-refractivity contribution in [2.75, 3.05) is 13.2 Å². The maximum atomic E-state index is 10.8. The van der Waals surface area contributed by atoms with E-state index in [-0.39, 0.29) is 25.5 Å². The minimum atomic E-state index is -0.661. The highest BCUT2D eigenvalue weighted by atomic mass is 16.3. The summed E-state index contributed by atoms with van der Waals surface area (Å²) in [4.78, 5) is 10.8. The average molecular weight is 156 g/mol. The van der Waals surface area contributed by atoms with Gasteiger partial charge in [0, 0.05) is 13.0 Å². The number of hydrogen-bond acceptors (Lipinski definition) is 3. The molecule has 0 saturated heterocycles. The number of terminal acetylenes is 1. The molecule has 0 radical (unpaired) electrons. The lowest BCUT2D eigenvalue weighted by Crippen LogP contribution is -2.41. The van der Waals surface area contributed by atoms with Crippen LogP contribution in [0.15, 0.2) is 0 Å². The molecule has 0 rings (SSSR count). The Hall–Kier alpha value is -1.05. The molecule has 62 valence electrons. The number of aliphatic hydroxyl groups excluding tert-OH is 1. The van der Waals surface area contributed by atoms with Crippen LogP contribution >= 0.6 is 0 Å². The Balaban J connectivity index is 3.57. The zero-order valence-electron chi connectivity index (χ0n) is 6.21. The van der Waals surface area contributed by atoms with Gasteiger partial charge >= 0.3 is 0 Å². The van der Waals surface area contributed by atoms with Gasteiger partial charge in [0.15, 0.2) is 0 Å². The molecule has 0 fully saturated rings. The van der Waals surface area contributed by atoms with Crippen molar-refractivity contribution < 1.29 is 9.90 Å². The molecular weight excluding hydrogens is 144 g/mol. The van der Waals surface area contributed by atoms with Gasteiger partial charge in [0.05, 0.1) is 12.6 Å². The summed E-state index contributed by atoms with van der Waals surface area (Å²) < 4.78 is 0. The second-order valence-corrected chi connectivity index (χ2v) is 2.03. The first-order valence-corrected chi connectivity index (χ1v) is 3.30. The number of rotatable bonds is 4. The van der Waals surface area contributed by atoms with Crippen LogP contribution in [0, 0.1) is 12.3 Å². The van der Waals surface area contributed by atoms with Crippen molar-refractivity contribution in [1.29, 1.82) is 0 Å². The lowest BCUT2D eigenvalue weighted by molar-refractivity contribution is -0.122. The third-order valence-electron chi connectivity index (χ3n) is 1.09. The van der Waals surface area contributed by atoms with Crippen molar-refractivity contribution in [3.05, 3.63) is 0 Å². The predicted octanol–water partition coefficient (Wildman–Crippen LogP) is -1.55. The van der Waals surface area contributed by atoms with Gasteiger partial charge in [-0.05, 0) is 0 Å². The molecule has 4 N–H and O–H groups in total. The van der Waals surface area contributed by atoms with Gasteiger partial charge in [-0.3, -0.25) is 4.79 Å². The van der Waals surface area contributed by atoms with Crippen LogP contribution in [0.25, 0.3) is 0 Å². The van der Waals surface area contributed by atoms with Gasteiger partial charge < -0.3 is 16.2 Å². The molecule has 1 amide bonds. The molecule has 11 heavy (non-hydrogen) atoms. The quantitative estimate of drug-likeness (QED) is 0.431. The molecule has 4 heteroatoms. The third-order valence-corrected chi connectivity index (χ3v) is 1.09. The molecule has 0 saturated carbocycles. The van der Waals surface area contributed by atoms with Crippen LogP contribution in [0.2, 0.25) is 0 Å². The fourth-order valence-electron chi connectivity index (χ4n) is 0.530. The molecule has 1 atom stereocenters. The maximum Gasteiger partial charge on any atom is 0.237 e. The SMILES string of the molecule is C#CC[C@H](N)C(=O)NCCO. The third kappa shape index (κ3) is 4.37. The number of nitrogens with two attached hydrogens (primary N) is 1. The van der Waals surface area contributed by atoms with E-state index in [9.17, 15) is 4.79 Å². The Morgan fingerprint density at radius 3 is 2.91 bits per heavy atom. The van der Waals surface area contributed by atoms with E-state index in [0.29, 0.717) is 0 Å². The molecule has 0 aliphatic carbocycles. The van der Waals surface area contributed by atoms with Crippen LogP contribution in [0.1, 0.15) is 6.42 Å². The zero-order chi connectivity index (χ0) is 8.69. The van der Waals surface area contributed by atoms with Gasteiger partial charge in [0.1, 0.15) is 0 Å². The second-order valence-electron chi connectivity index (χ2n) is 2.03. The minimum absolute atomic E-state index is 0.0888. The maximum absolute atomic E-state index is 10.8. The van der Waals surface area contributed by atoms with E-state index in [2.05, 4.69) is 11.2 Å². The average Bonchev–Trinajstić information content (AvgIpc) is 2.00. The summed E-state index contributed by atoms with van der Waals surface area (Å²) in [5.41, 5.74) is 5.33. The molecular formula is C7H12N2O2. The molecule has 0 aromatic heterocycles. The van der Waals surface area contributed by atoms with E-state index in [1.807, 2.05) is 0 Å². The molecule has 4 nitrogen and oxygen atoms in total. The highest BCUT2D eigenvalue weighted by molar-refractivity contribution is 5.81. The first kappa shape index (κ1) is 9.95. The van der Waals surface area contributed by atoms with E-state index >= 15 is 0 Å². The fourth-order valence-corrected chi connectivity index (χ4v) is 0.530. The van der Waals surface area contributed by atoms with Gasteiger partial charge in [0.2, 0.25) is 5.91 Å². The van der Waals surface area contributed by atoms with Gasteiger partial charge in [-0.1, -0.05) is 0 Å². The molecule has 0 spiro atoms. The van der Waals surface area contributed by atoms with Crippen LogP contribution in [-0.2, 0) is 4.79 Å². The Morgan fingerprint density at radius 2 is 2.45 bits per heavy atom. The monoisotopic (exact) mass is 156 g/mol. The standard InChI is InChI=1S/C7H12N2O2/c1-2-3-6(8)7(11)9-4-5-10/h1,6,10H,3-5,8H2,(H,9,11)/t6-/m0/s1. The molecule has 0 aromatic rings. The number of aliphatic hydroxyl groups is 1. The molecule has 0 bridgehead atoms. The first-order chi connectivity index (χ1) is 5.22. The van der Waals surface area contributed by atoms with Gasteiger partial charge in [-0.15, -0.1) is 12.3 Å². The Bertz CT molecular complexity index is 162. The zero-order valence-corrected chi connectivity index (χ0v) is 6.21. The summed E-state index contributed by atoms with van der Waals surface area (Å²) in [5, 5.41) is 10.7. The normalized spacial score (nSPS) is 11.7. The van der Waals surface area contributed by atoms with Gasteiger partial charge in [-0.25, -0.2) is 0 Å². The molecule has 0 unspecified atom stereocenters. The minimum Gasteiger partial charge on any atom is -0.395 e. The van der Waals surface area contributed by atoms with Crippen molar-refractivity contribution in [1.82, 2.24) is 5.32 Å². The Kier molecular flexibility index (Phi) is 5.17. The summed E-state index contributed by atoms with van der Waals surface area (Å²) in [6.45, 7) is 0.131. The highest BCUT2D eigenvalue weighted by Crippen LogP contribution is 1.84. The second kappa shape index (κ2) is 5.71. The summed E-state index contributed by atoms with van der Waals surface area (Å²) in [6.07, 6.45) is 5.16. The van der Waals surface area contributed by atoms with Gasteiger partial charge in [0.25, 0.3) is 0 Å². The largest absolute Gasteiger partial charge is 0.395 e. The summed E-state index contributed by atoms with van der Waals surface area (Å²) >= 11 is 0. The molecule has 0 aliphatic heterocycles. The van der Waals surface area contributed by atoms with E-state index in [4.69, 9.17) is 17.3 Å². The van der Waals surface area contributed by atoms with Crippen molar-refractivity contribution >= 4 is 5.91 Å². The smallest absolute Gasteiger partial charge is 0.237 e. The Morgan fingerprint density at radius 1 is 1.82 bits per heavy atom.